The second-order valence-electron chi connectivity index (χ2n) is 8.32. The van der Waals surface area contributed by atoms with Crippen LogP contribution in [0, 0.1) is 18.6 Å². The fraction of sp³-hybridized carbons (Fsp3) is 0.318. The number of hydrogen-bond donors (Lipinski definition) is 5. The Labute approximate surface area is 198 Å². The first-order valence-corrected chi connectivity index (χ1v) is 11.0. The summed E-state index contributed by atoms with van der Waals surface area (Å²) < 4.78 is 29.4. The molecule has 0 atom stereocenters. The SMILES string of the molecule is Cc1c(C(=O)C(=O)NC2(/C(=C/N)NN)CC2)c2n(c1C(=O)Nc1ccc(F)c(Cl)c1F)CCC2. The van der Waals surface area contributed by atoms with Gasteiger partial charge < -0.3 is 26.4 Å². The molecule has 9 nitrogen and oxygen atoms in total. The predicted molar refractivity (Wildman–Crippen MR) is 121 cm³/mol. The topological polar surface area (TPSA) is 144 Å². The van der Waals surface area contributed by atoms with Crippen LogP contribution in [0.2, 0.25) is 5.02 Å². The Hall–Kier alpha value is -3.44. The highest BCUT2D eigenvalue weighted by molar-refractivity contribution is 6.44. The first-order valence-electron chi connectivity index (χ1n) is 10.6. The number of hydrazine groups is 1. The molecule has 0 radical (unpaired) electrons. The Balaban J connectivity index is 1.64. The molecular formula is C22H23ClF2N6O3. The minimum Gasteiger partial charge on any atom is -0.403 e. The number of rotatable bonds is 7. The van der Waals surface area contributed by atoms with Crippen LogP contribution in [-0.2, 0) is 17.8 Å². The number of amides is 2. The quantitative estimate of drug-likeness (QED) is 0.131. The number of aromatic nitrogens is 1. The van der Waals surface area contributed by atoms with E-state index in [-0.39, 0.29) is 22.5 Å². The average molecular weight is 493 g/mol. The molecule has 1 aromatic heterocycles. The van der Waals surface area contributed by atoms with Gasteiger partial charge in [0, 0.05) is 18.4 Å². The van der Waals surface area contributed by atoms with E-state index in [2.05, 4.69) is 16.1 Å². The van der Waals surface area contributed by atoms with Crippen molar-refractivity contribution in [2.75, 3.05) is 5.32 Å². The number of halogens is 3. The van der Waals surface area contributed by atoms with Gasteiger partial charge in [-0.05, 0) is 50.3 Å². The lowest BCUT2D eigenvalue weighted by Crippen LogP contribution is -2.47. The molecule has 2 heterocycles. The molecule has 2 aromatic rings. The number of nitrogens with two attached hydrogens (primary N) is 2. The Bertz CT molecular complexity index is 1250. The number of nitrogens with zero attached hydrogens (tertiary/aromatic N) is 1. The summed E-state index contributed by atoms with van der Waals surface area (Å²) in [6, 6.07) is 1.99. The summed E-state index contributed by atoms with van der Waals surface area (Å²) in [6.45, 7) is 2.00. The van der Waals surface area contributed by atoms with Crippen molar-refractivity contribution in [3.63, 3.8) is 0 Å². The summed E-state index contributed by atoms with van der Waals surface area (Å²) in [4.78, 5) is 39.1. The van der Waals surface area contributed by atoms with Crippen molar-refractivity contribution in [3.8, 4) is 0 Å². The molecule has 1 aliphatic heterocycles. The van der Waals surface area contributed by atoms with E-state index < -0.39 is 39.8 Å². The van der Waals surface area contributed by atoms with Gasteiger partial charge in [0.2, 0.25) is 0 Å². The highest BCUT2D eigenvalue weighted by Gasteiger charge is 2.49. The van der Waals surface area contributed by atoms with E-state index in [1.54, 1.807) is 11.5 Å². The highest BCUT2D eigenvalue weighted by atomic mass is 35.5. The van der Waals surface area contributed by atoms with Gasteiger partial charge in [-0.15, -0.1) is 0 Å². The number of carbonyl (C=O) groups excluding carboxylic acids is 3. The van der Waals surface area contributed by atoms with E-state index in [4.69, 9.17) is 23.2 Å². The van der Waals surface area contributed by atoms with E-state index >= 15 is 0 Å². The van der Waals surface area contributed by atoms with Gasteiger partial charge in [0.15, 0.2) is 5.82 Å². The molecule has 1 aliphatic carbocycles. The van der Waals surface area contributed by atoms with Gasteiger partial charge in [-0.2, -0.15) is 0 Å². The molecule has 0 bridgehead atoms. The van der Waals surface area contributed by atoms with Crippen LogP contribution in [0.4, 0.5) is 14.5 Å². The number of carbonyl (C=O) groups is 3. The van der Waals surface area contributed by atoms with Crippen LogP contribution in [0.5, 0.6) is 0 Å². The summed E-state index contributed by atoms with van der Waals surface area (Å²) in [5.74, 6) is 1.05. The molecule has 1 saturated carbocycles. The Morgan fingerprint density at radius 1 is 1.24 bits per heavy atom. The molecule has 7 N–H and O–H groups in total. The number of ketones is 1. The molecule has 0 unspecified atom stereocenters. The highest BCUT2D eigenvalue weighted by Crippen LogP contribution is 2.40. The van der Waals surface area contributed by atoms with Gasteiger partial charge in [-0.1, -0.05) is 11.6 Å². The van der Waals surface area contributed by atoms with E-state index in [1.807, 2.05) is 0 Å². The fourth-order valence-corrected chi connectivity index (χ4v) is 4.60. The van der Waals surface area contributed by atoms with E-state index in [1.165, 1.54) is 6.20 Å². The van der Waals surface area contributed by atoms with Crippen LogP contribution in [0.15, 0.2) is 24.0 Å². The van der Waals surface area contributed by atoms with Crippen LogP contribution < -0.4 is 27.6 Å². The van der Waals surface area contributed by atoms with E-state index in [9.17, 15) is 23.2 Å². The maximum absolute atomic E-state index is 14.3. The number of nitrogens with one attached hydrogen (secondary N) is 3. The summed E-state index contributed by atoms with van der Waals surface area (Å²) in [5.41, 5.74) is 8.35. The smallest absolute Gasteiger partial charge is 0.293 e. The molecule has 0 spiro atoms. The second kappa shape index (κ2) is 8.73. The maximum atomic E-state index is 14.3. The summed E-state index contributed by atoms with van der Waals surface area (Å²) in [5, 5.41) is 4.34. The van der Waals surface area contributed by atoms with Crippen molar-refractivity contribution in [1.82, 2.24) is 15.3 Å². The van der Waals surface area contributed by atoms with E-state index in [0.717, 1.165) is 12.1 Å². The van der Waals surface area contributed by atoms with Gasteiger partial charge in [-0.3, -0.25) is 20.2 Å². The van der Waals surface area contributed by atoms with Crippen LogP contribution in [0.3, 0.4) is 0 Å². The zero-order valence-corrected chi connectivity index (χ0v) is 19.0. The minimum absolute atomic E-state index is 0.121. The van der Waals surface area contributed by atoms with Crippen LogP contribution in [-0.4, -0.2) is 27.7 Å². The summed E-state index contributed by atoms with van der Waals surface area (Å²) in [6.07, 6.45) is 3.51. The van der Waals surface area contributed by atoms with Crippen molar-refractivity contribution in [1.29, 1.82) is 0 Å². The number of fused-ring (bicyclic) bond motifs is 1. The lowest BCUT2D eigenvalue weighted by Gasteiger charge is -2.19. The average Bonchev–Trinajstić information content (AvgIpc) is 3.32. The molecule has 1 fully saturated rings. The largest absolute Gasteiger partial charge is 0.403 e. The number of anilines is 1. The van der Waals surface area contributed by atoms with Gasteiger partial charge in [0.25, 0.3) is 17.6 Å². The van der Waals surface area contributed by atoms with Gasteiger partial charge in [-0.25, -0.2) is 8.78 Å². The molecule has 2 amide bonds. The van der Waals surface area contributed by atoms with Crippen molar-refractivity contribution >= 4 is 34.9 Å². The standard InChI is InChI=1S/C22H23ClF2N6O3/c1-10-15(19(32)21(34)29-22(6-7-22)14(9-26)30-27)13-3-2-8-31(13)18(10)20(33)28-12-5-4-11(24)16(23)17(12)25/h4-5,9,30H,2-3,6-8,26-27H2,1H3,(H,28,33)(H,29,34)/b14-9-. The van der Waals surface area contributed by atoms with Crippen LogP contribution >= 0.6 is 11.6 Å². The zero-order valence-electron chi connectivity index (χ0n) is 18.2. The number of hydrogen-bond acceptors (Lipinski definition) is 6. The first-order chi connectivity index (χ1) is 16.1. The van der Waals surface area contributed by atoms with Crippen molar-refractivity contribution in [2.45, 2.75) is 44.7 Å². The summed E-state index contributed by atoms with van der Waals surface area (Å²) >= 11 is 5.60. The van der Waals surface area contributed by atoms with Crippen molar-refractivity contribution in [2.24, 2.45) is 11.6 Å². The normalized spacial score (nSPS) is 16.1. The molecule has 180 valence electrons. The third-order valence-corrected chi connectivity index (χ3v) is 6.63. The van der Waals surface area contributed by atoms with E-state index in [0.29, 0.717) is 43.6 Å². The van der Waals surface area contributed by atoms with Gasteiger partial charge >= 0.3 is 0 Å². The molecule has 0 saturated heterocycles. The fourth-order valence-electron chi connectivity index (χ4n) is 4.44. The monoisotopic (exact) mass is 492 g/mol. The molecule has 34 heavy (non-hydrogen) atoms. The lowest BCUT2D eigenvalue weighted by molar-refractivity contribution is -0.117. The lowest BCUT2D eigenvalue weighted by atomic mass is 10.0. The van der Waals surface area contributed by atoms with Gasteiger partial charge in [0.1, 0.15) is 16.5 Å². The molecule has 2 aliphatic rings. The Morgan fingerprint density at radius 3 is 2.56 bits per heavy atom. The molecular weight excluding hydrogens is 470 g/mol. The van der Waals surface area contributed by atoms with Gasteiger partial charge in [0.05, 0.1) is 22.5 Å². The van der Waals surface area contributed by atoms with Crippen LogP contribution in [0.25, 0.3) is 0 Å². The summed E-state index contributed by atoms with van der Waals surface area (Å²) in [7, 11) is 0. The first kappa shape index (κ1) is 23.7. The minimum atomic E-state index is -1.11. The van der Waals surface area contributed by atoms with Crippen LogP contribution in [0.1, 0.15) is 51.4 Å². The third-order valence-electron chi connectivity index (χ3n) is 6.28. The third kappa shape index (κ3) is 3.80. The Morgan fingerprint density at radius 2 is 1.94 bits per heavy atom. The number of Topliss-reactive ketones (excluding diaryl/α,β-unsaturated/α-hetero) is 1. The van der Waals surface area contributed by atoms with Crippen molar-refractivity contribution in [3.05, 3.63) is 63.2 Å². The molecule has 1 aromatic carbocycles. The Kier molecular flexibility index (Phi) is 6.09. The number of benzene rings is 1. The maximum Gasteiger partial charge on any atom is 0.293 e. The zero-order chi connectivity index (χ0) is 24.8. The molecule has 12 heteroatoms. The molecule has 4 rings (SSSR count). The van der Waals surface area contributed by atoms with Crippen molar-refractivity contribution < 1.29 is 23.2 Å². The second-order valence-corrected chi connectivity index (χ2v) is 8.70. The predicted octanol–water partition coefficient (Wildman–Crippen LogP) is 2.02.